The molecular formula is C4H8N2O4S2. The quantitative estimate of drug-likeness (QED) is 0.250. The highest BCUT2D eigenvalue weighted by molar-refractivity contribution is 7.92. The number of hydrogen-bond acceptors (Lipinski definition) is 8. The lowest BCUT2D eigenvalue weighted by molar-refractivity contribution is -0.149. The van der Waals surface area contributed by atoms with Crippen LogP contribution >= 0.6 is 25.0 Å². The summed E-state index contributed by atoms with van der Waals surface area (Å²) in [6.07, 6.45) is -0.147. The van der Waals surface area contributed by atoms with Gasteiger partial charge < -0.3 is 9.02 Å². The summed E-state index contributed by atoms with van der Waals surface area (Å²) in [7, 11) is 0. The van der Waals surface area contributed by atoms with E-state index in [1.807, 2.05) is 4.89 Å². The van der Waals surface area contributed by atoms with Crippen molar-refractivity contribution in [3.8, 4) is 0 Å². The molecule has 0 amide bonds. The fourth-order valence-corrected chi connectivity index (χ4v) is 0.694. The van der Waals surface area contributed by atoms with Crippen molar-refractivity contribution in [2.24, 2.45) is 5.14 Å². The van der Waals surface area contributed by atoms with Gasteiger partial charge in [-0.05, 0) is 0 Å². The predicted octanol–water partition coefficient (Wildman–Crippen LogP) is -0.276. The van der Waals surface area contributed by atoms with Crippen LogP contribution in [0, 0.1) is 0 Å². The first-order chi connectivity index (χ1) is 5.70. The van der Waals surface area contributed by atoms with Gasteiger partial charge in [-0.1, -0.05) is 17.7 Å². The topological polar surface area (TPSA) is 90.7 Å². The van der Waals surface area contributed by atoms with Crippen LogP contribution in [0.25, 0.3) is 0 Å². The first-order valence-electron chi connectivity index (χ1n) is 2.85. The Kier molecular flexibility index (Phi) is 6.96. The Bertz CT molecular complexity index is 147. The number of carbonyl (C=O) groups is 2. The average Bonchev–Trinajstić information content (AvgIpc) is 2.02. The summed E-state index contributed by atoms with van der Waals surface area (Å²) in [5.41, 5.74) is 0. The summed E-state index contributed by atoms with van der Waals surface area (Å²) in [4.78, 5) is 27.2. The van der Waals surface area contributed by atoms with Crippen LogP contribution in [0.4, 0.5) is 0 Å². The summed E-state index contributed by atoms with van der Waals surface area (Å²) in [5, 5.41) is 4.83. The van der Waals surface area contributed by atoms with E-state index in [0.29, 0.717) is 12.2 Å². The Hall–Kier alpha value is -0.440. The molecule has 0 spiro atoms. The molecule has 0 rings (SSSR count). The number of hydrogen-bond donors (Lipinski definition) is 3. The van der Waals surface area contributed by atoms with Gasteiger partial charge in [0.15, 0.2) is 0 Å². The highest BCUT2D eigenvalue weighted by Gasteiger charge is 2.08. The molecule has 0 saturated heterocycles. The van der Waals surface area contributed by atoms with E-state index in [4.69, 9.17) is 5.14 Å². The summed E-state index contributed by atoms with van der Waals surface area (Å²) >= 11 is 3.85. The van der Waals surface area contributed by atoms with Gasteiger partial charge in [0, 0.05) is 0 Å². The number of nitrogens with one attached hydrogen (secondary N) is 1. The Morgan fingerprint density at radius 2 is 2.00 bits per heavy atom. The van der Waals surface area contributed by atoms with Gasteiger partial charge in [-0.15, -0.1) is 0 Å². The molecule has 8 heteroatoms. The monoisotopic (exact) mass is 212 g/mol. The van der Waals surface area contributed by atoms with Crippen molar-refractivity contribution in [1.29, 1.82) is 0 Å². The average molecular weight is 212 g/mol. The molecule has 0 aliphatic carbocycles. The van der Waals surface area contributed by atoms with Gasteiger partial charge in [-0.25, -0.2) is 5.14 Å². The molecule has 0 aromatic heterocycles. The van der Waals surface area contributed by atoms with Crippen LogP contribution in [0.1, 0.15) is 12.8 Å². The fraction of sp³-hybridized carbons (Fsp3) is 0.500. The van der Waals surface area contributed by atoms with Gasteiger partial charge in [0.25, 0.3) is 0 Å². The number of carbonyl (C=O) groups excluding carboxylic acids is 2. The molecule has 6 nitrogen and oxygen atoms in total. The lowest BCUT2D eigenvalue weighted by Crippen LogP contribution is -2.13. The zero-order valence-corrected chi connectivity index (χ0v) is 7.69. The molecule has 0 radical (unpaired) electrons. The van der Waals surface area contributed by atoms with Gasteiger partial charge in [-0.2, -0.15) is 0 Å². The van der Waals surface area contributed by atoms with E-state index in [1.54, 1.807) is 0 Å². The number of nitrogens with two attached hydrogens (primary N) is 1. The smallest absolute Gasteiger partial charge is 0.326 e. The Morgan fingerprint density at radius 3 is 2.50 bits per heavy atom. The van der Waals surface area contributed by atoms with Crippen LogP contribution in [0.2, 0.25) is 0 Å². The second-order valence-corrected chi connectivity index (χ2v) is 2.16. The molecule has 0 saturated carbocycles. The van der Waals surface area contributed by atoms with Crippen molar-refractivity contribution in [2.45, 2.75) is 12.8 Å². The molecule has 0 aromatic carbocycles. The summed E-state index contributed by atoms with van der Waals surface area (Å²) < 4.78 is 4.28. The lowest BCUT2D eigenvalue weighted by atomic mass is 10.3. The van der Waals surface area contributed by atoms with E-state index in [2.05, 4.69) is 21.8 Å². The third-order valence-corrected chi connectivity index (χ3v) is 1.21. The van der Waals surface area contributed by atoms with Crippen molar-refractivity contribution < 1.29 is 18.6 Å². The third-order valence-electron chi connectivity index (χ3n) is 0.834. The SMILES string of the molecule is NSOC(=O)CCC(=O)ONS. The van der Waals surface area contributed by atoms with Crippen molar-refractivity contribution in [1.82, 2.24) is 4.89 Å². The molecule has 70 valence electrons. The van der Waals surface area contributed by atoms with Crippen LogP contribution in [-0.4, -0.2) is 11.9 Å². The predicted molar refractivity (Wildman–Crippen MR) is 45.3 cm³/mol. The van der Waals surface area contributed by atoms with Crippen LogP contribution in [-0.2, 0) is 18.6 Å². The molecule has 0 bridgehead atoms. The number of thiol groups is 1. The number of rotatable bonds is 5. The van der Waals surface area contributed by atoms with Crippen LogP contribution < -0.4 is 10.0 Å². The molecule has 0 aromatic rings. The molecule has 0 atom stereocenters. The van der Waals surface area contributed by atoms with E-state index < -0.39 is 11.9 Å². The van der Waals surface area contributed by atoms with E-state index >= 15 is 0 Å². The standard InChI is InChI=1S/C4H8N2O4S2/c5-12-10-4(8)2-1-3(7)9-6-11/h6,11H,1-2,5H2. The highest BCUT2D eigenvalue weighted by atomic mass is 32.2. The van der Waals surface area contributed by atoms with Crippen molar-refractivity contribution in [2.75, 3.05) is 0 Å². The second-order valence-electron chi connectivity index (χ2n) is 1.62. The van der Waals surface area contributed by atoms with Crippen molar-refractivity contribution in [3.63, 3.8) is 0 Å². The largest absolute Gasteiger partial charge is 0.375 e. The maximum Gasteiger partial charge on any atom is 0.326 e. The fourth-order valence-electron chi connectivity index (χ4n) is 0.401. The summed E-state index contributed by atoms with van der Waals surface area (Å²) in [6.45, 7) is 0. The highest BCUT2D eigenvalue weighted by Crippen LogP contribution is 1.99. The maximum absolute atomic E-state index is 10.6. The van der Waals surface area contributed by atoms with Crippen molar-refractivity contribution in [3.05, 3.63) is 0 Å². The van der Waals surface area contributed by atoms with Crippen LogP contribution in [0.5, 0.6) is 0 Å². The Morgan fingerprint density at radius 1 is 1.42 bits per heavy atom. The van der Waals surface area contributed by atoms with Crippen LogP contribution in [0.15, 0.2) is 0 Å². The van der Waals surface area contributed by atoms with E-state index in [1.165, 1.54) is 0 Å². The molecule has 0 aliphatic rings. The van der Waals surface area contributed by atoms with E-state index in [-0.39, 0.29) is 12.8 Å². The molecular weight excluding hydrogens is 204 g/mol. The molecule has 3 N–H and O–H groups in total. The molecule has 0 heterocycles. The Labute approximate surface area is 79.0 Å². The lowest BCUT2D eigenvalue weighted by Gasteiger charge is -1.99. The van der Waals surface area contributed by atoms with Gasteiger partial charge in [0.2, 0.25) is 0 Å². The summed E-state index contributed by atoms with van der Waals surface area (Å²) in [6, 6.07) is 0. The third kappa shape index (κ3) is 6.28. The minimum atomic E-state index is -0.594. The molecule has 0 unspecified atom stereocenters. The molecule has 12 heavy (non-hydrogen) atoms. The maximum atomic E-state index is 10.6. The Balaban J connectivity index is 3.40. The molecule has 0 fully saturated rings. The van der Waals surface area contributed by atoms with E-state index in [0.717, 1.165) is 0 Å². The zero-order chi connectivity index (χ0) is 9.40. The first-order valence-corrected chi connectivity index (χ1v) is 4.11. The normalized spacial score (nSPS) is 9.17. The minimum absolute atomic E-state index is 0.0709. The van der Waals surface area contributed by atoms with Gasteiger partial charge in [0.05, 0.1) is 12.8 Å². The van der Waals surface area contributed by atoms with Crippen LogP contribution in [0.3, 0.4) is 0 Å². The van der Waals surface area contributed by atoms with E-state index in [9.17, 15) is 9.59 Å². The minimum Gasteiger partial charge on any atom is -0.375 e. The van der Waals surface area contributed by atoms with Gasteiger partial charge in [0.1, 0.15) is 12.2 Å². The second kappa shape index (κ2) is 7.22. The summed E-state index contributed by atoms with van der Waals surface area (Å²) in [5.74, 6) is -1.16. The molecule has 0 aliphatic heterocycles. The first kappa shape index (κ1) is 11.6. The zero-order valence-electron chi connectivity index (χ0n) is 5.98. The van der Waals surface area contributed by atoms with Gasteiger partial charge in [-0.3, -0.25) is 9.59 Å². The van der Waals surface area contributed by atoms with Crippen molar-refractivity contribution >= 4 is 37.0 Å². The van der Waals surface area contributed by atoms with Gasteiger partial charge >= 0.3 is 11.9 Å².